The predicted octanol–water partition coefficient (Wildman–Crippen LogP) is 4.63. The number of carbonyl (C=O) groups is 1. The average molecular weight is 483 g/mol. The van der Waals surface area contributed by atoms with Gasteiger partial charge in [-0.25, -0.2) is 4.79 Å². The maximum atomic E-state index is 13.4. The number of thiophene rings is 1. The Morgan fingerprint density at radius 3 is 2.76 bits per heavy atom. The molecule has 0 radical (unpaired) electrons. The zero-order valence-corrected chi connectivity index (χ0v) is 19.4. The van der Waals surface area contributed by atoms with Crippen molar-refractivity contribution in [3.63, 3.8) is 0 Å². The smallest absolute Gasteiger partial charge is 0.378 e. The number of ether oxygens (including phenoxy) is 1. The molecule has 2 amide bonds. The normalized spacial score (nSPS) is 24.5. The maximum absolute atomic E-state index is 13.4. The summed E-state index contributed by atoms with van der Waals surface area (Å²) in [4.78, 5) is 14.1. The summed E-state index contributed by atoms with van der Waals surface area (Å²) >= 11 is 1.59. The lowest BCUT2D eigenvalue weighted by Gasteiger charge is -2.45. The summed E-state index contributed by atoms with van der Waals surface area (Å²) in [5, 5.41) is 13.1. The van der Waals surface area contributed by atoms with Crippen molar-refractivity contribution in [2.24, 2.45) is 5.92 Å². The lowest BCUT2D eigenvalue weighted by molar-refractivity contribution is -0.138. The van der Waals surface area contributed by atoms with Gasteiger partial charge < -0.3 is 25.6 Å². The molecular formula is C23H29F3N4O2S. The molecule has 0 bridgehead atoms. The van der Waals surface area contributed by atoms with Gasteiger partial charge in [0.25, 0.3) is 0 Å². The van der Waals surface area contributed by atoms with Crippen molar-refractivity contribution >= 4 is 23.1 Å². The zero-order valence-electron chi connectivity index (χ0n) is 18.6. The van der Waals surface area contributed by atoms with Gasteiger partial charge in [0, 0.05) is 36.8 Å². The van der Waals surface area contributed by atoms with Gasteiger partial charge in [-0.3, -0.25) is 0 Å². The Morgan fingerprint density at radius 2 is 2.06 bits per heavy atom. The van der Waals surface area contributed by atoms with E-state index >= 15 is 0 Å². The molecule has 0 saturated carbocycles. The van der Waals surface area contributed by atoms with Gasteiger partial charge in [-0.15, -0.1) is 0 Å². The first-order valence-electron chi connectivity index (χ1n) is 11.0. The molecule has 6 nitrogen and oxygen atoms in total. The molecule has 0 aliphatic carbocycles. The molecule has 2 aliphatic rings. The molecule has 4 atom stereocenters. The molecule has 3 N–H and O–H groups in total. The van der Waals surface area contributed by atoms with Crippen molar-refractivity contribution in [3.05, 3.63) is 51.7 Å². The van der Waals surface area contributed by atoms with Gasteiger partial charge in [0.15, 0.2) is 0 Å². The lowest BCUT2D eigenvalue weighted by Crippen LogP contribution is -2.46. The maximum Gasteiger partial charge on any atom is 0.416 e. The number of amides is 2. The largest absolute Gasteiger partial charge is 0.416 e. The first kappa shape index (κ1) is 23.8. The molecule has 10 heteroatoms. The number of rotatable bonds is 6. The van der Waals surface area contributed by atoms with E-state index in [2.05, 4.69) is 21.3 Å². The van der Waals surface area contributed by atoms with Crippen molar-refractivity contribution in [2.75, 3.05) is 39.0 Å². The molecule has 0 spiro atoms. The Morgan fingerprint density at radius 1 is 1.24 bits per heavy atom. The number of nitrogens with zero attached hydrogens (tertiary/aromatic N) is 1. The van der Waals surface area contributed by atoms with Gasteiger partial charge in [-0.05, 0) is 67.5 Å². The molecular weight excluding hydrogens is 453 g/mol. The first-order valence-corrected chi connectivity index (χ1v) is 12.0. The second kappa shape index (κ2) is 9.90. The van der Waals surface area contributed by atoms with E-state index in [1.54, 1.807) is 11.3 Å². The van der Waals surface area contributed by atoms with E-state index in [0.717, 1.165) is 31.0 Å². The molecule has 0 unspecified atom stereocenters. The first-order chi connectivity index (χ1) is 15.7. The van der Waals surface area contributed by atoms with E-state index in [1.165, 1.54) is 12.1 Å². The summed E-state index contributed by atoms with van der Waals surface area (Å²) < 4.78 is 46.6. The molecule has 2 aromatic rings. The summed E-state index contributed by atoms with van der Waals surface area (Å²) in [6.07, 6.45) is -3.67. The van der Waals surface area contributed by atoms with Crippen LogP contribution in [0.1, 0.15) is 41.7 Å². The summed E-state index contributed by atoms with van der Waals surface area (Å²) in [6, 6.07) is 5.54. The molecule has 1 saturated heterocycles. The van der Waals surface area contributed by atoms with Crippen LogP contribution in [0.25, 0.3) is 0 Å². The van der Waals surface area contributed by atoms with Crippen LogP contribution in [0, 0.1) is 5.92 Å². The Bertz CT molecular complexity index is 952. The topological polar surface area (TPSA) is 65.6 Å². The summed E-state index contributed by atoms with van der Waals surface area (Å²) in [5.41, 5.74) is 1.62. The van der Waals surface area contributed by atoms with Crippen LogP contribution in [0.4, 0.5) is 23.7 Å². The van der Waals surface area contributed by atoms with Gasteiger partial charge >= 0.3 is 12.2 Å². The highest BCUT2D eigenvalue weighted by Gasteiger charge is 2.43. The van der Waals surface area contributed by atoms with Crippen LogP contribution in [0.3, 0.4) is 0 Å². The number of likely N-dealkylation sites (N-methyl/N-ethyl adjacent to an activating group) is 1. The average Bonchev–Trinajstić information content (AvgIpc) is 3.30. The minimum absolute atomic E-state index is 0.000696. The Balaban J connectivity index is 1.50. The second-order valence-corrected chi connectivity index (χ2v) is 9.62. The van der Waals surface area contributed by atoms with E-state index in [-0.39, 0.29) is 24.1 Å². The van der Waals surface area contributed by atoms with Gasteiger partial charge in [-0.1, -0.05) is 0 Å². The highest BCUT2D eigenvalue weighted by Crippen LogP contribution is 2.51. The predicted molar refractivity (Wildman–Crippen MR) is 122 cm³/mol. The number of hydrogen-bond acceptors (Lipinski definition) is 5. The van der Waals surface area contributed by atoms with E-state index in [4.69, 9.17) is 4.74 Å². The molecule has 180 valence electrons. The number of nitrogens with one attached hydrogen (secondary N) is 3. The zero-order chi connectivity index (χ0) is 23.6. The number of benzene rings is 1. The van der Waals surface area contributed by atoms with Crippen LogP contribution in [0.15, 0.2) is 35.0 Å². The van der Waals surface area contributed by atoms with Crippen LogP contribution < -0.4 is 16.0 Å². The van der Waals surface area contributed by atoms with E-state index in [1.807, 2.05) is 30.4 Å². The summed E-state index contributed by atoms with van der Waals surface area (Å²) in [6.45, 7) is 1.56. The van der Waals surface area contributed by atoms with Crippen LogP contribution in [-0.2, 0) is 10.9 Å². The molecule has 33 heavy (non-hydrogen) atoms. The third-order valence-electron chi connectivity index (χ3n) is 6.21. The van der Waals surface area contributed by atoms with E-state index in [9.17, 15) is 18.0 Å². The summed E-state index contributed by atoms with van der Waals surface area (Å²) in [7, 11) is 3.85. The van der Waals surface area contributed by atoms with Crippen molar-refractivity contribution in [1.29, 1.82) is 0 Å². The number of alkyl halides is 3. The van der Waals surface area contributed by atoms with Crippen LogP contribution in [-0.4, -0.2) is 50.8 Å². The highest BCUT2D eigenvalue weighted by atomic mass is 32.1. The Kier molecular flexibility index (Phi) is 7.16. The summed E-state index contributed by atoms with van der Waals surface area (Å²) in [5.74, 6) is 0.000696. The SMILES string of the molecule is CN(C)CCNC(=O)NC[C@H]1CC[C@@H]2[C@H](O1)c1cc(C(F)(F)F)ccc1N[C@H]2c1ccsc1. The van der Waals surface area contributed by atoms with Gasteiger partial charge in [0.05, 0.1) is 23.8 Å². The fourth-order valence-corrected chi connectivity index (χ4v) is 5.22. The van der Waals surface area contributed by atoms with Gasteiger partial charge in [-0.2, -0.15) is 24.5 Å². The third-order valence-corrected chi connectivity index (χ3v) is 6.91. The molecule has 3 heterocycles. The Hall–Kier alpha value is -2.30. The van der Waals surface area contributed by atoms with Gasteiger partial charge in [0.1, 0.15) is 0 Å². The standard InChI is InChI=1S/C23H29F3N4O2S/c1-30(2)9-8-27-22(31)28-12-16-4-5-17-20(14-7-10-33-13-14)29-19-6-3-15(23(24,25)26)11-18(19)21(17)32-16/h3,6-7,10-11,13,16-17,20-21,29H,4-5,8-9,12H2,1-2H3,(H2,27,28,31)/t16-,17+,20+,21+/m1/s1. The molecule has 1 fully saturated rings. The van der Waals surface area contributed by atoms with Crippen molar-refractivity contribution in [3.8, 4) is 0 Å². The number of hydrogen-bond donors (Lipinski definition) is 3. The van der Waals surface area contributed by atoms with Crippen LogP contribution in [0.2, 0.25) is 0 Å². The fourth-order valence-electron chi connectivity index (χ4n) is 4.53. The monoisotopic (exact) mass is 482 g/mol. The van der Waals surface area contributed by atoms with Crippen molar-refractivity contribution < 1.29 is 22.7 Å². The number of halogens is 3. The minimum Gasteiger partial charge on any atom is -0.378 e. The van der Waals surface area contributed by atoms with E-state index in [0.29, 0.717) is 24.3 Å². The highest BCUT2D eigenvalue weighted by molar-refractivity contribution is 7.08. The Labute approximate surface area is 195 Å². The van der Waals surface area contributed by atoms with Crippen LogP contribution in [0.5, 0.6) is 0 Å². The van der Waals surface area contributed by atoms with Gasteiger partial charge in [0.2, 0.25) is 0 Å². The second-order valence-electron chi connectivity index (χ2n) is 8.84. The van der Waals surface area contributed by atoms with Crippen molar-refractivity contribution in [1.82, 2.24) is 15.5 Å². The molecule has 1 aromatic carbocycles. The molecule has 4 rings (SSSR count). The van der Waals surface area contributed by atoms with E-state index < -0.39 is 17.8 Å². The number of anilines is 1. The molecule has 2 aliphatic heterocycles. The third kappa shape index (κ3) is 5.62. The molecule has 1 aromatic heterocycles. The minimum atomic E-state index is -4.42. The quantitative estimate of drug-likeness (QED) is 0.562. The fraction of sp³-hybridized carbons (Fsp3) is 0.522. The number of carbonyl (C=O) groups excluding carboxylic acids is 1. The van der Waals surface area contributed by atoms with Crippen molar-refractivity contribution in [2.45, 2.75) is 37.3 Å². The number of fused-ring (bicyclic) bond motifs is 3. The lowest BCUT2D eigenvalue weighted by atomic mass is 9.76. The number of urea groups is 1. The van der Waals surface area contributed by atoms with Crippen LogP contribution >= 0.6 is 11.3 Å².